The van der Waals surface area contributed by atoms with Crippen LogP contribution in [0, 0.1) is 5.92 Å². The lowest BCUT2D eigenvalue weighted by molar-refractivity contribution is -0.139. The number of rotatable bonds is 13. The molecule has 0 atom stereocenters. The van der Waals surface area contributed by atoms with Crippen molar-refractivity contribution in [2.24, 2.45) is 5.92 Å². The molecule has 2 aromatic rings. The fourth-order valence-corrected chi connectivity index (χ4v) is 3.44. The highest BCUT2D eigenvalue weighted by Crippen LogP contribution is 2.41. The minimum absolute atomic E-state index is 0.0445. The van der Waals surface area contributed by atoms with Crippen LogP contribution in [-0.2, 0) is 28.9 Å². The van der Waals surface area contributed by atoms with Gasteiger partial charge in [0.1, 0.15) is 28.8 Å². The maximum atomic E-state index is 12.9. The Hall–Kier alpha value is -3.22. The molecule has 2 aromatic carbocycles. The van der Waals surface area contributed by atoms with E-state index in [0.29, 0.717) is 35.2 Å². The molecule has 0 aliphatic heterocycles. The summed E-state index contributed by atoms with van der Waals surface area (Å²) in [5, 5.41) is 9.18. The summed E-state index contributed by atoms with van der Waals surface area (Å²) in [5.41, 5.74) is 2.14. The van der Waals surface area contributed by atoms with Gasteiger partial charge in [0.2, 0.25) is 0 Å². The Morgan fingerprint density at radius 1 is 0.906 bits per heavy atom. The van der Waals surface area contributed by atoms with Gasteiger partial charge in [0.15, 0.2) is 6.61 Å². The molecular weight excluding hydrogens is 412 g/mol. The zero-order valence-electron chi connectivity index (χ0n) is 19.4. The maximum Gasteiger partial charge on any atom is 0.341 e. The third kappa shape index (κ3) is 6.90. The molecular formula is C25H32O7. The third-order valence-corrected chi connectivity index (χ3v) is 5.09. The molecule has 7 heteroatoms. The number of hydrogen-bond donors (Lipinski definition) is 1. The van der Waals surface area contributed by atoms with E-state index in [1.54, 1.807) is 20.3 Å². The monoisotopic (exact) mass is 444 g/mol. The molecule has 32 heavy (non-hydrogen) atoms. The standard InChI is InChI=1S/C25H32O7/c1-16(2)6-11-20-22(30-4)14-23(31-5)21(25(20)32-15-24(27)28)13-18(26)12-17-7-9-19(29-3)10-8-17/h7-10,14,16H,6,11-13,15H2,1-5H3,(H,27,28). The summed E-state index contributed by atoms with van der Waals surface area (Å²) < 4.78 is 21.9. The van der Waals surface area contributed by atoms with Crippen molar-refractivity contribution in [2.75, 3.05) is 27.9 Å². The first-order chi connectivity index (χ1) is 15.3. The largest absolute Gasteiger partial charge is 0.497 e. The molecule has 0 amide bonds. The number of aliphatic carboxylic acids is 1. The van der Waals surface area contributed by atoms with E-state index in [1.165, 1.54) is 7.11 Å². The van der Waals surface area contributed by atoms with Crippen molar-refractivity contribution in [3.8, 4) is 23.0 Å². The molecule has 174 valence electrons. The van der Waals surface area contributed by atoms with Crippen LogP contribution in [0.4, 0.5) is 0 Å². The fraction of sp³-hybridized carbons (Fsp3) is 0.440. The van der Waals surface area contributed by atoms with E-state index < -0.39 is 12.6 Å². The minimum Gasteiger partial charge on any atom is -0.497 e. The number of carbonyl (C=O) groups excluding carboxylic acids is 1. The number of hydrogen-bond acceptors (Lipinski definition) is 6. The van der Waals surface area contributed by atoms with Gasteiger partial charge in [0, 0.05) is 30.0 Å². The Kier molecular flexibility index (Phi) is 9.38. The van der Waals surface area contributed by atoms with E-state index in [0.717, 1.165) is 23.3 Å². The van der Waals surface area contributed by atoms with E-state index in [1.807, 2.05) is 24.3 Å². The highest BCUT2D eigenvalue weighted by atomic mass is 16.5. The van der Waals surface area contributed by atoms with Crippen molar-refractivity contribution in [3.63, 3.8) is 0 Å². The molecule has 0 bridgehead atoms. The van der Waals surface area contributed by atoms with Crippen LogP contribution in [0.5, 0.6) is 23.0 Å². The zero-order valence-corrected chi connectivity index (χ0v) is 19.4. The number of ketones is 1. The van der Waals surface area contributed by atoms with E-state index >= 15 is 0 Å². The molecule has 7 nitrogen and oxygen atoms in total. The second kappa shape index (κ2) is 12.0. The van der Waals surface area contributed by atoms with Gasteiger partial charge in [-0.05, 0) is 36.5 Å². The van der Waals surface area contributed by atoms with E-state index in [9.17, 15) is 14.7 Å². The zero-order chi connectivity index (χ0) is 23.7. The lowest BCUT2D eigenvalue weighted by atomic mass is 9.94. The van der Waals surface area contributed by atoms with Gasteiger partial charge >= 0.3 is 5.97 Å². The van der Waals surface area contributed by atoms with E-state index in [4.69, 9.17) is 18.9 Å². The quantitative estimate of drug-likeness (QED) is 0.497. The molecule has 0 aliphatic rings. The lowest BCUT2D eigenvalue weighted by Gasteiger charge is -2.21. The van der Waals surface area contributed by atoms with Gasteiger partial charge in [-0.1, -0.05) is 26.0 Å². The Morgan fingerprint density at radius 3 is 2.06 bits per heavy atom. The topological polar surface area (TPSA) is 91.3 Å². The number of carbonyl (C=O) groups is 2. The van der Waals surface area contributed by atoms with Crippen molar-refractivity contribution >= 4 is 11.8 Å². The van der Waals surface area contributed by atoms with Gasteiger partial charge in [-0.2, -0.15) is 0 Å². The number of Topliss-reactive ketones (excluding diaryl/α,β-unsaturated/α-hetero) is 1. The first-order valence-electron chi connectivity index (χ1n) is 10.5. The van der Waals surface area contributed by atoms with Crippen LogP contribution in [0.1, 0.15) is 37.0 Å². The van der Waals surface area contributed by atoms with Gasteiger partial charge < -0.3 is 24.1 Å². The van der Waals surface area contributed by atoms with Crippen LogP contribution in [0.2, 0.25) is 0 Å². The highest BCUT2D eigenvalue weighted by molar-refractivity contribution is 5.85. The van der Waals surface area contributed by atoms with Crippen LogP contribution in [-0.4, -0.2) is 44.8 Å². The van der Waals surface area contributed by atoms with Gasteiger partial charge in [-0.3, -0.25) is 4.79 Å². The molecule has 0 saturated carbocycles. The number of benzene rings is 2. The SMILES string of the molecule is COc1ccc(CC(=O)Cc2c(OC)cc(OC)c(CCC(C)C)c2OCC(=O)O)cc1. The molecule has 0 saturated heterocycles. The van der Waals surface area contributed by atoms with Crippen molar-refractivity contribution < 1.29 is 33.6 Å². The lowest BCUT2D eigenvalue weighted by Crippen LogP contribution is -2.16. The van der Waals surface area contributed by atoms with E-state index in [-0.39, 0.29) is 18.6 Å². The van der Waals surface area contributed by atoms with E-state index in [2.05, 4.69) is 13.8 Å². The molecule has 0 fully saturated rings. The number of carboxylic acids is 1. The van der Waals surface area contributed by atoms with Gasteiger partial charge in [0.25, 0.3) is 0 Å². The molecule has 0 spiro atoms. The molecule has 1 N–H and O–H groups in total. The van der Waals surface area contributed by atoms with Gasteiger partial charge in [-0.15, -0.1) is 0 Å². The normalized spacial score (nSPS) is 10.7. The fourth-order valence-electron chi connectivity index (χ4n) is 3.44. The average Bonchev–Trinajstić information content (AvgIpc) is 2.76. The summed E-state index contributed by atoms with van der Waals surface area (Å²) in [7, 11) is 4.63. The smallest absolute Gasteiger partial charge is 0.341 e. The van der Waals surface area contributed by atoms with Crippen molar-refractivity contribution in [1.29, 1.82) is 0 Å². The van der Waals surface area contributed by atoms with Gasteiger partial charge in [-0.25, -0.2) is 4.79 Å². The van der Waals surface area contributed by atoms with Gasteiger partial charge in [0.05, 0.1) is 21.3 Å². The first-order valence-corrected chi connectivity index (χ1v) is 10.5. The predicted octanol–water partition coefficient (Wildman–Crippen LogP) is 4.12. The Balaban J connectivity index is 2.42. The van der Waals surface area contributed by atoms with Crippen LogP contribution in [0.15, 0.2) is 30.3 Å². The van der Waals surface area contributed by atoms with Crippen molar-refractivity contribution in [2.45, 2.75) is 39.5 Å². The maximum absolute atomic E-state index is 12.9. The third-order valence-electron chi connectivity index (χ3n) is 5.09. The molecule has 0 heterocycles. The number of methoxy groups -OCH3 is 3. The summed E-state index contributed by atoms with van der Waals surface area (Å²) in [6, 6.07) is 9.04. The summed E-state index contributed by atoms with van der Waals surface area (Å²) in [4.78, 5) is 24.2. The Bertz CT molecular complexity index is 917. The molecule has 0 unspecified atom stereocenters. The average molecular weight is 445 g/mol. The Morgan fingerprint density at radius 2 is 1.53 bits per heavy atom. The second-order valence-corrected chi connectivity index (χ2v) is 7.92. The van der Waals surface area contributed by atoms with Crippen molar-refractivity contribution in [3.05, 3.63) is 47.0 Å². The van der Waals surface area contributed by atoms with Crippen LogP contribution >= 0.6 is 0 Å². The number of carboxylic acid groups (broad SMARTS) is 1. The molecule has 0 radical (unpaired) electrons. The first kappa shape index (κ1) is 25.0. The van der Waals surface area contributed by atoms with Crippen LogP contribution in [0.25, 0.3) is 0 Å². The molecule has 0 aromatic heterocycles. The van der Waals surface area contributed by atoms with Crippen molar-refractivity contribution in [1.82, 2.24) is 0 Å². The number of ether oxygens (including phenoxy) is 4. The summed E-state index contributed by atoms with van der Waals surface area (Å²) >= 11 is 0. The Labute approximate surface area is 189 Å². The summed E-state index contributed by atoms with van der Waals surface area (Å²) in [6.07, 6.45) is 1.74. The predicted molar refractivity (Wildman–Crippen MR) is 121 cm³/mol. The molecule has 2 rings (SSSR count). The van der Waals surface area contributed by atoms with Crippen LogP contribution < -0.4 is 18.9 Å². The summed E-state index contributed by atoms with van der Waals surface area (Å²) in [5.74, 6) is 1.33. The minimum atomic E-state index is -1.10. The highest BCUT2D eigenvalue weighted by Gasteiger charge is 2.24. The van der Waals surface area contributed by atoms with Crippen LogP contribution in [0.3, 0.4) is 0 Å². The molecule has 0 aliphatic carbocycles. The summed E-state index contributed by atoms with van der Waals surface area (Å²) in [6.45, 7) is 3.69. The second-order valence-electron chi connectivity index (χ2n) is 7.92.